The van der Waals surface area contributed by atoms with Crippen LogP contribution in [0, 0.1) is 0 Å². The molecule has 5 heteroatoms. The van der Waals surface area contributed by atoms with Gasteiger partial charge in [-0.05, 0) is 43.3 Å². The fourth-order valence-electron chi connectivity index (χ4n) is 3.49. The molecule has 4 aromatic rings. The van der Waals surface area contributed by atoms with Gasteiger partial charge in [-0.25, -0.2) is 0 Å². The van der Waals surface area contributed by atoms with Gasteiger partial charge in [0.1, 0.15) is 6.54 Å². The van der Waals surface area contributed by atoms with E-state index in [4.69, 9.17) is 11.5 Å². The second-order valence-corrected chi connectivity index (χ2v) is 6.04. The molecule has 0 spiro atoms. The Hall–Kier alpha value is -1.78. The van der Waals surface area contributed by atoms with E-state index >= 15 is 0 Å². The molecule has 4 N–H and O–H groups in total. The van der Waals surface area contributed by atoms with Gasteiger partial charge < -0.3 is 23.9 Å². The van der Waals surface area contributed by atoms with Crippen LogP contribution in [0.5, 0.6) is 0 Å². The van der Waals surface area contributed by atoms with Gasteiger partial charge in [0.15, 0.2) is 0 Å². The minimum Gasteiger partial charge on any atom is -1.00 e. The summed E-state index contributed by atoms with van der Waals surface area (Å²) in [5.41, 5.74) is 17.2. The van der Waals surface area contributed by atoms with Crippen molar-refractivity contribution in [2.24, 2.45) is 0 Å². The van der Waals surface area contributed by atoms with E-state index in [0.29, 0.717) is 0 Å². The van der Waals surface area contributed by atoms with Crippen LogP contribution in [0.2, 0.25) is 0 Å². The fraction of sp³-hybridized carbons (Fsp3) is 0.0952. The summed E-state index contributed by atoms with van der Waals surface area (Å²) in [7, 11) is 0. The number of benzene rings is 3. The molecular weight excluding hydrogens is 353 g/mol. The Morgan fingerprint density at radius 2 is 1.38 bits per heavy atom. The standard InChI is InChI=1S/C21H19N3.ClH.Na/c1-2-24-20-13-16(23)9-11-18(20)17-10-8-15(22)12-19(17)21(24)14-6-4-3-5-7-14;;/h3-13,23H,2,22H2,1H3;1H;/q;;+1. The van der Waals surface area contributed by atoms with E-state index in [9.17, 15) is 0 Å². The first kappa shape index (κ1) is 20.5. The van der Waals surface area contributed by atoms with Gasteiger partial charge in [-0.2, -0.15) is 4.57 Å². The molecule has 0 radical (unpaired) electrons. The zero-order valence-electron chi connectivity index (χ0n) is 15.0. The average molecular weight is 373 g/mol. The SMILES string of the molecule is CC[n+]1c(-c2ccccc2)c2cc(N)ccc2c2ccc(N)cc21.[Cl-].[Na+]. The number of aryl methyl sites for hydroxylation is 1. The van der Waals surface area contributed by atoms with Gasteiger partial charge in [-0.1, -0.05) is 24.3 Å². The summed E-state index contributed by atoms with van der Waals surface area (Å²) >= 11 is 0. The van der Waals surface area contributed by atoms with E-state index in [0.717, 1.165) is 23.4 Å². The largest absolute Gasteiger partial charge is 1.00 e. The van der Waals surface area contributed by atoms with Crippen molar-refractivity contribution in [3.8, 4) is 11.3 Å². The van der Waals surface area contributed by atoms with Crippen LogP contribution >= 0.6 is 0 Å². The van der Waals surface area contributed by atoms with E-state index in [1.807, 2.05) is 18.2 Å². The molecule has 0 atom stereocenters. The van der Waals surface area contributed by atoms with Gasteiger partial charge >= 0.3 is 29.6 Å². The third-order valence-electron chi connectivity index (χ3n) is 4.53. The summed E-state index contributed by atoms with van der Waals surface area (Å²) < 4.78 is 2.32. The van der Waals surface area contributed by atoms with Gasteiger partial charge in [0.05, 0.1) is 10.8 Å². The van der Waals surface area contributed by atoms with E-state index in [1.165, 1.54) is 27.4 Å². The second kappa shape index (κ2) is 8.28. The molecule has 0 saturated carbocycles. The van der Waals surface area contributed by atoms with Crippen LogP contribution < -0.4 is 58.0 Å². The van der Waals surface area contributed by atoms with Crippen LogP contribution in [-0.4, -0.2) is 0 Å². The number of pyridine rings is 1. The van der Waals surface area contributed by atoms with E-state index in [2.05, 4.69) is 60.0 Å². The van der Waals surface area contributed by atoms with Crippen molar-refractivity contribution in [3.63, 3.8) is 0 Å². The average Bonchev–Trinajstić information content (AvgIpc) is 2.61. The van der Waals surface area contributed by atoms with Crippen LogP contribution in [0.4, 0.5) is 11.4 Å². The number of rotatable bonds is 2. The Labute approximate surface area is 181 Å². The third kappa shape index (κ3) is 3.40. The summed E-state index contributed by atoms with van der Waals surface area (Å²) in [6.07, 6.45) is 0. The third-order valence-corrected chi connectivity index (χ3v) is 4.53. The fourth-order valence-corrected chi connectivity index (χ4v) is 3.49. The van der Waals surface area contributed by atoms with Crippen molar-refractivity contribution < 1.29 is 46.5 Å². The molecule has 0 saturated heterocycles. The van der Waals surface area contributed by atoms with E-state index in [-0.39, 0.29) is 42.0 Å². The first-order chi connectivity index (χ1) is 11.7. The van der Waals surface area contributed by atoms with Crippen LogP contribution in [0.25, 0.3) is 32.9 Å². The first-order valence-electron chi connectivity index (χ1n) is 8.18. The molecule has 0 fully saturated rings. The number of fused-ring (bicyclic) bond motifs is 3. The quantitative estimate of drug-likeness (QED) is 0.188. The molecule has 1 heterocycles. The zero-order valence-corrected chi connectivity index (χ0v) is 17.8. The number of nitrogens with two attached hydrogens (primary N) is 2. The van der Waals surface area contributed by atoms with Crippen molar-refractivity contribution in [1.82, 2.24) is 0 Å². The molecule has 0 aliphatic rings. The molecule has 3 aromatic carbocycles. The minimum atomic E-state index is 0. The summed E-state index contributed by atoms with van der Waals surface area (Å²) in [6.45, 7) is 3.02. The Bertz CT molecular complexity index is 1070. The van der Waals surface area contributed by atoms with Crippen molar-refractivity contribution in [1.29, 1.82) is 0 Å². The maximum Gasteiger partial charge on any atom is 1.00 e. The Kier molecular flexibility index (Phi) is 6.53. The van der Waals surface area contributed by atoms with Gasteiger partial charge in [0.2, 0.25) is 11.2 Å². The Morgan fingerprint density at radius 1 is 0.769 bits per heavy atom. The molecule has 0 aliphatic heterocycles. The van der Waals surface area contributed by atoms with Gasteiger partial charge in [0, 0.05) is 28.4 Å². The van der Waals surface area contributed by atoms with Gasteiger partial charge in [-0.15, -0.1) is 0 Å². The predicted octanol–water partition coefficient (Wildman–Crippen LogP) is -1.86. The summed E-state index contributed by atoms with van der Waals surface area (Å²) in [5.74, 6) is 0. The number of aromatic nitrogens is 1. The maximum atomic E-state index is 6.10. The summed E-state index contributed by atoms with van der Waals surface area (Å²) in [6, 6.07) is 22.7. The maximum absolute atomic E-state index is 6.10. The molecule has 4 rings (SSSR count). The minimum absolute atomic E-state index is 0. The number of nitrogens with zero attached hydrogens (tertiary/aromatic N) is 1. The second-order valence-electron chi connectivity index (χ2n) is 6.04. The zero-order chi connectivity index (χ0) is 16.7. The van der Waals surface area contributed by atoms with Gasteiger partial charge in [-0.3, -0.25) is 0 Å². The van der Waals surface area contributed by atoms with Crippen LogP contribution in [0.3, 0.4) is 0 Å². The molecule has 0 amide bonds. The Balaban J connectivity index is 0.00000121. The number of hydrogen-bond acceptors (Lipinski definition) is 2. The normalized spacial score (nSPS) is 10.3. The molecule has 26 heavy (non-hydrogen) atoms. The molecule has 3 nitrogen and oxygen atoms in total. The number of hydrogen-bond donors (Lipinski definition) is 2. The molecule has 1 aromatic heterocycles. The van der Waals surface area contributed by atoms with Crippen LogP contribution in [-0.2, 0) is 6.54 Å². The molecule has 0 bridgehead atoms. The van der Waals surface area contributed by atoms with Crippen molar-refractivity contribution in [2.45, 2.75) is 13.5 Å². The van der Waals surface area contributed by atoms with E-state index in [1.54, 1.807) is 0 Å². The molecule has 126 valence electrons. The monoisotopic (exact) mass is 372 g/mol. The number of halogens is 1. The van der Waals surface area contributed by atoms with Crippen molar-refractivity contribution in [3.05, 3.63) is 66.7 Å². The molecule has 0 aliphatic carbocycles. The number of anilines is 2. The van der Waals surface area contributed by atoms with Crippen molar-refractivity contribution >= 4 is 33.1 Å². The molecule has 0 unspecified atom stereocenters. The topological polar surface area (TPSA) is 55.9 Å². The first-order valence-corrected chi connectivity index (χ1v) is 8.18. The molecular formula is C21H20ClN3Na+. The van der Waals surface area contributed by atoms with Crippen LogP contribution in [0.1, 0.15) is 6.92 Å². The predicted molar refractivity (Wildman–Crippen MR) is 102 cm³/mol. The number of nitrogen functional groups attached to an aromatic ring is 2. The van der Waals surface area contributed by atoms with Crippen LogP contribution in [0.15, 0.2) is 66.7 Å². The summed E-state index contributed by atoms with van der Waals surface area (Å²) in [4.78, 5) is 0. The Morgan fingerprint density at radius 3 is 2.04 bits per heavy atom. The van der Waals surface area contributed by atoms with Crippen molar-refractivity contribution in [2.75, 3.05) is 11.5 Å². The smallest absolute Gasteiger partial charge is 1.00 e. The summed E-state index contributed by atoms with van der Waals surface area (Å²) in [5, 5.41) is 3.56. The van der Waals surface area contributed by atoms with E-state index < -0.39 is 0 Å². The van der Waals surface area contributed by atoms with Gasteiger partial charge in [0.25, 0.3) is 0 Å².